The molecule has 8 heteroatoms. The average molecular weight is 417 g/mol. The van der Waals surface area contributed by atoms with E-state index in [9.17, 15) is 4.79 Å². The van der Waals surface area contributed by atoms with Crippen molar-refractivity contribution < 1.29 is 9.53 Å². The molecule has 2 heterocycles. The molecule has 3 rings (SSSR count). The number of rotatable bonds is 6. The number of piperazine rings is 2. The molecule has 0 spiro atoms. The summed E-state index contributed by atoms with van der Waals surface area (Å²) in [7, 11) is 1.70. The number of nitrogens with zero attached hydrogens (tertiary/aromatic N) is 5. The SMILES string of the molecule is CCNC(=NCCN1CCN(C(C)=O)CC1)N1CCN(c2ccc(OC)cc2)CC1. The number of hydrogen-bond donors (Lipinski definition) is 1. The van der Waals surface area contributed by atoms with Crippen molar-refractivity contribution in [2.45, 2.75) is 13.8 Å². The van der Waals surface area contributed by atoms with Gasteiger partial charge in [-0.2, -0.15) is 0 Å². The van der Waals surface area contributed by atoms with E-state index >= 15 is 0 Å². The molecule has 2 aliphatic heterocycles. The number of ether oxygens (including phenoxy) is 1. The van der Waals surface area contributed by atoms with Gasteiger partial charge in [-0.25, -0.2) is 0 Å². The van der Waals surface area contributed by atoms with Crippen molar-refractivity contribution in [3.05, 3.63) is 24.3 Å². The Kier molecular flexibility index (Phi) is 8.19. The minimum Gasteiger partial charge on any atom is -0.497 e. The van der Waals surface area contributed by atoms with Crippen LogP contribution in [0.25, 0.3) is 0 Å². The highest BCUT2D eigenvalue weighted by Gasteiger charge is 2.21. The lowest BCUT2D eigenvalue weighted by Crippen LogP contribution is -2.53. The van der Waals surface area contributed by atoms with Gasteiger partial charge in [0.05, 0.1) is 13.7 Å². The Labute approximate surface area is 180 Å². The van der Waals surface area contributed by atoms with Crippen LogP contribution < -0.4 is 15.0 Å². The van der Waals surface area contributed by atoms with Gasteiger partial charge in [0.25, 0.3) is 0 Å². The summed E-state index contributed by atoms with van der Waals surface area (Å²) in [5, 5.41) is 3.45. The number of benzene rings is 1. The van der Waals surface area contributed by atoms with Crippen molar-refractivity contribution in [2.75, 3.05) is 84.0 Å². The van der Waals surface area contributed by atoms with Gasteiger partial charge in [0.1, 0.15) is 5.75 Å². The van der Waals surface area contributed by atoms with Crippen LogP contribution in [0.5, 0.6) is 5.75 Å². The highest BCUT2D eigenvalue weighted by atomic mass is 16.5. The number of guanidine groups is 1. The molecule has 0 aromatic heterocycles. The second kappa shape index (κ2) is 11.1. The normalized spacial score (nSPS) is 18.5. The molecule has 2 aliphatic rings. The highest BCUT2D eigenvalue weighted by Crippen LogP contribution is 2.20. The first-order valence-electron chi connectivity index (χ1n) is 11.0. The van der Waals surface area contributed by atoms with Crippen LogP contribution in [0, 0.1) is 0 Å². The summed E-state index contributed by atoms with van der Waals surface area (Å²) >= 11 is 0. The van der Waals surface area contributed by atoms with E-state index in [1.165, 1.54) is 5.69 Å². The van der Waals surface area contributed by atoms with E-state index in [-0.39, 0.29) is 5.91 Å². The fraction of sp³-hybridized carbons (Fsp3) is 0.636. The third kappa shape index (κ3) is 6.01. The Morgan fingerprint density at radius 3 is 2.20 bits per heavy atom. The molecule has 0 unspecified atom stereocenters. The monoisotopic (exact) mass is 416 g/mol. The van der Waals surface area contributed by atoms with E-state index in [1.807, 2.05) is 17.0 Å². The molecule has 2 fully saturated rings. The van der Waals surface area contributed by atoms with Crippen LogP contribution in [-0.2, 0) is 4.79 Å². The fourth-order valence-electron chi connectivity index (χ4n) is 3.98. The second-order valence-electron chi connectivity index (χ2n) is 7.76. The molecule has 2 saturated heterocycles. The van der Waals surface area contributed by atoms with Crippen LogP contribution in [0.3, 0.4) is 0 Å². The standard InChI is InChI=1S/C22H36N6O2/c1-4-23-22(24-9-10-25-11-13-26(14-12-25)19(2)29)28-17-15-27(16-18-28)20-5-7-21(30-3)8-6-20/h5-8H,4,9-18H2,1-3H3,(H,23,24). The number of nitrogens with one attached hydrogen (secondary N) is 1. The molecule has 1 aromatic carbocycles. The predicted molar refractivity (Wildman–Crippen MR) is 121 cm³/mol. The molecule has 0 radical (unpaired) electrons. The van der Waals surface area contributed by atoms with Crippen LogP contribution in [0.2, 0.25) is 0 Å². The van der Waals surface area contributed by atoms with Crippen molar-refractivity contribution >= 4 is 17.6 Å². The summed E-state index contributed by atoms with van der Waals surface area (Å²) in [4.78, 5) is 25.4. The number of carbonyl (C=O) groups excluding carboxylic acids is 1. The summed E-state index contributed by atoms with van der Waals surface area (Å²) in [6.07, 6.45) is 0. The van der Waals surface area contributed by atoms with E-state index in [1.54, 1.807) is 14.0 Å². The van der Waals surface area contributed by atoms with Crippen LogP contribution >= 0.6 is 0 Å². The molecule has 0 aliphatic carbocycles. The summed E-state index contributed by atoms with van der Waals surface area (Å²) in [6, 6.07) is 8.28. The van der Waals surface area contributed by atoms with Crippen molar-refractivity contribution in [2.24, 2.45) is 4.99 Å². The molecule has 0 bridgehead atoms. The smallest absolute Gasteiger partial charge is 0.219 e. The van der Waals surface area contributed by atoms with Gasteiger partial charge in [-0.15, -0.1) is 0 Å². The number of amides is 1. The molecule has 166 valence electrons. The largest absolute Gasteiger partial charge is 0.497 e. The van der Waals surface area contributed by atoms with Gasteiger partial charge in [-0.3, -0.25) is 14.7 Å². The first-order valence-corrected chi connectivity index (χ1v) is 11.0. The summed E-state index contributed by atoms with van der Waals surface area (Å²) in [5.74, 6) is 2.08. The molecule has 8 nitrogen and oxygen atoms in total. The zero-order valence-corrected chi connectivity index (χ0v) is 18.6. The lowest BCUT2D eigenvalue weighted by Gasteiger charge is -2.38. The van der Waals surface area contributed by atoms with Gasteiger partial charge in [-0.05, 0) is 31.2 Å². The predicted octanol–water partition coefficient (Wildman–Crippen LogP) is 0.947. The maximum Gasteiger partial charge on any atom is 0.219 e. The summed E-state index contributed by atoms with van der Waals surface area (Å²) < 4.78 is 5.26. The Morgan fingerprint density at radius 1 is 1.00 bits per heavy atom. The van der Waals surface area contributed by atoms with E-state index < -0.39 is 0 Å². The van der Waals surface area contributed by atoms with Crippen molar-refractivity contribution in [1.82, 2.24) is 20.0 Å². The van der Waals surface area contributed by atoms with Crippen LogP contribution in [0.4, 0.5) is 5.69 Å². The Balaban J connectivity index is 1.47. The van der Waals surface area contributed by atoms with Gasteiger partial charge in [0.15, 0.2) is 5.96 Å². The molecular weight excluding hydrogens is 380 g/mol. The summed E-state index contributed by atoms with van der Waals surface area (Å²) in [6.45, 7) is 13.7. The van der Waals surface area contributed by atoms with Crippen LogP contribution in [0.1, 0.15) is 13.8 Å². The molecular formula is C22H36N6O2. The molecule has 1 N–H and O–H groups in total. The lowest BCUT2D eigenvalue weighted by atomic mass is 10.2. The maximum absolute atomic E-state index is 11.5. The Bertz CT molecular complexity index is 692. The first-order chi connectivity index (χ1) is 14.6. The third-order valence-corrected chi connectivity index (χ3v) is 5.85. The van der Waals surface area contributed by atoms with Crippen LogP contribution in [-0.4, -0.2) is 106 Å². The zero-order chi connectivity index (χ0) is 21.3. The van der Waals surface area contributed by atoms with E-state index in [0.717, 1.165) is 83.7 Å². The number of methoxy groups -OCH3 is 1. The first kappa shape index (κ1) is 22.2. The highest BCUT2D eigenvalue weighted by molar-refractivity contribution is 5.80. The van der Waals surface area contributed by atoms with Crippen LogP contribution in [0.15, 0.2) is 29.3 Å². The van der Waals surface area contributed by atoms with Crippen molar-refractivity contribution in [1.29, 1.82) is 0 Å². The van der Waals surface area contributed by atoms with Crippen molar-refractivity contribution in [3.8, 4) is 5.75 Å². The minimum atomic E-state index is 0.177. The number of anilines is 1. The number of hydrogen-bond acceptors (Lipinski definition) is 5. The minimum absolute atomic E-state index is 0.177. The van der Waals surface area contributed by atoms with E-state index in [2.05, 4.69) is 39.1 Å². The molecule has 1 amide bonds. The fourth-order valence-corrected chi connectivity index (χ4v) is 3.98. The van der Waals surface area contributed by atoms with Crippen molar-refractivity contribution in [3.63, 3.8) is 0 Å². The Morgan fingerprint density at radius 2 is 1.63 bits per heavy atom. The molecule has 0 atom stereocenters. The average Bonchev–Trinajstić information content (AvgIpc) is 2.79. The lowest BCUT2D eigenvalue weighted by molar-refractivity contribution is -0.130. The van der Waals surface area contributed by atoms with Gasteiger partial charge < -0.3 is 24.8 Å². The zero-order valence-electron chi connectivity index (χ0n) is 18.6. The summed E-state index contributed by atoms with van der Waals surface area (Å²) in [5.41, 5.74) is 1.24. The third-order valence-electron chi connectivity index (χ3n) is 5.85. The molecule has 0 saturated carbocycles. The topological polar surface area (TPSA) is 63.7 Å². The van der Waals surface area contributed by atoms with Gasteiger partial charge in [-0.1, -0.05) is 0 Å². The van der Waals surface area contributed by atoms with E-state index in [4.69, 9.17) is 9.73 Å². The maximum atomic E-state index is 11.5. The van der Waals surface area contributed by atoms with E-state index in [0.29, 0.717) is 0 Å². The van der Waals surface area contributed by atoms with Gasteiger partial charge in [0.2, 0.25) is 5.91 Å². The van der Waals surface area contributed by atoms with Gasteiger partial charge in [0, 0.05) is 78.1 Å². The Hall–Kier alpha value is -2.48. The van der Waals surface area contributed by atoms with Gasteiger partial charge >= 0.3 is 0 Å². The second-order valence-corrected chi connectivity index (χ2v) is 7.76. The number of carbonyl (C=O) groups is 1. The molecule has 30 heavy (non-hydrogen) atoms. The molecule has 1 aromatic rings. The number of aliphatic imine (C=N–C) groups is 1. The quantitative estimate of drug-likeness (QED) is 0.550.